The van der Waals surface area contributed by atoms with E-state index in [1.807, 2.05) is 0 Å². The molecule has 0 aromatic heterocycles. The molecule has 0 aliphatic carbocycles. The molecule has 1 aliphatic heterocycles. The van der Waals surface area contributed by atoms with Gasteiger partial charge in [0.25, 0.3) is 15.9 Å². The van der Waals surface area contributed by atoms with Gasteiger partial charge in [0.15, 0.2) is 0 Å². The molecule has 0 saturated carbocycles. The minimum Gasteiger partial charge on any atom is -0.370 e. The fourth-order valence-corrected chi connectivity index (χ4v) is 4.63. The minimum atomic E-state index is -3.72. The van der Waals surface area contributed by atoms with Crippen molar-refractivity contribution >= 4 is 33.0 Å². The minimum absolute atomic E-state index is 0.144. The van der Waals surface area contributed by atoms with Crippen LogP contribution in [0, 0.1) is 5.82 Å². The summed E-state index contributed by atoms with van der Waals surface area (Å²) < 4.78 is 41.8. The normalized spacial score (nSPS) is 13.8. The third kappa shape index (κ3) is 4.69. The number of rotatable bonds is 6. The third-order valence-corrected chi connectivity index (χ3v) is 6.53. The number of halogens is 1. The molecular formula is C23H22FN3O3S. The SMILES string of the molecule is O=C(Nc1c(F)cccc1N1CCCC1)c1ccc(NS(=O)(=O)c2ccccc2)cc1. The van der Waals surface area contributed by atoms with Gasteiger partial charge < -0.3 is 10.2 Å². The predicted octanol–water partition coefficient (Wildman–Crippen LogP) is 4.48. The van der Waals surface area contributed by atoms with E-state index in [1.165, 1.54) is 42.5 Å². The first kappa shape index (κ1) is 20.9. The third-order valence-electron chi connectivity index (χ3n) is 5.13. The van der Waals surface area contributed by atoms with Crippen molar-refractivity contribution in [2.45, 2.75) is 17.7 Å². The largest absolute Gasteiger partial charge is 0.370 e. The van der Waals surface area contributed by atoms with Gasteiger partial charge >= 0.3 is 0 Å². The maximum atomic E-state index is 14.5. The Morgan fingerprint density at radius 3 is 2.23 bits per heavy atom. The Morgan fingerprint density at radius 1 is 0.871 bits per heavy atom. The lowest BCUT2D eigenvalue weighted by Gasteiger charge is -2.22. The molecular weight excluding hydrogens is 417 g/mol. The molecule has 3 aromatic carbocycles. The van der Waals surface area contributed by atoms with Crippen LogP contribution in [0.15, 0.2) is 77.7 Å². The van der Waals surface area contributed by atoms with E-state index in [0.29, 0.717) is 16.9 Å². The van der Waals surface area contributed by atoms with Crippen LogP contribution in [-0.2, 0) is 10.0 Å². The zero-order valence-electron chi connectivity index (χ0n) is 16.7. The molecule has 0 bridgehead atoms. The van der Waals surface area contributed by atoms with Gasteiger partial charge in [-0.1, -0.05) is 24.3 Å². The molecule has 31 heavy (non-hydrogen) atoms. The summed E-state index contributed by atoms with van der Waals surface area (Å²) in [5.74, 6) is -0.965. The summed E-state index contributed by atoms with van der Waals surface area (Å²) in [6, 6.07) is 18.7. The van der Waals surface area contributed by atoms with E-state index in [2.05, 4.69) is 14.9 Å². The van der Waals surface area contributed by atoms with Gasteiger partial charge in [-0.05, 0) is 61.4 Å². The molecule has 1 aliphatic rings. The van der Waals surface area contributed by atoms with Gasteiger partial charge in [-0.3, -0.25) is 9.52 Å². The monoisotopic (exact) mass is 439 g/mol. The highest BCUT2D eigenvalue weighted by atomic mass is 32.2. The van der Waals surface area contributed by atoms with Crippen LogP contribution in [0.25, 0.3) is 0 Å². The average Bonchev–Trinajstić information content (AvgIpc) is 3.31. The summed E-state index contributed by atoms with van der Waals surface area (Å²) in [5.41, 5.74) is 1.43. The fraction of sp³-hybridized carbons (Fsp3) is 0.174. The molecule has 1 heterocycles. The highest BCUT2D eigenvalue weighted by molar-refractivity contribution is 7.92. The van der Waals surface area contributed by atoms with E-state index in [1.54, 1.807) is 30.3 Å². The Labute approximate surface area is 180 Å². The molecule has 1 saturated heterocycles. The topological polar surface area (TPSA) is 78.5 Å². The van der Waals surface area contributed by atoms with Crippen LogP contribution in [0.3, 0.4) is 0 Å². The average molecular weight is 440 g/mol. The van der Waals surface area contributed by atoms with Gasteiger partial charge in [0.2, 0.25) is 0 Å². The summed E-state index contributed by atoms with van der Waals surface area (Å²) in [6.07, 6.45) is 2.06. The van der Waals surface area contributed by atoms with E-state index in [-0.39, 0.29) is 10.6 Å². The molecule has 1 amide bonds. The van der Waals surface area contributed by atoms with Gasteiger partial charge in [0, 0.05) is 24.3 Å². The number of benzene rings is 3. The van der Waals surface area contributed by atoms with Crippen molar-refractivity contribution in [2.24, 2.45) is 0 Å². The Bertz CT molecular complexity index is 1180. The van der Waals surface area contributed by atoms with Crippen LogP contribution in [0.2, 0.25) is 0 Å². The van der Waals surface area contributed by atoms with Gasteiger partial charge in [0.05, 0.1) is 10.6 Å². The van der Waals surface area contributed by atoms with E-state index in [4.69, 9.17) is 0 Å². The number of sulfonamides is 1. The summed E-state index contributed by atoms with van der Waals surface area (Å²) in [4.78, 5) is 14.9. The van der Waals surface area contributed by atoms with Gasteiger partial charge in [0.1, 0.15) is 11.5 Å². The molecule has 1 fully saturated rings. The standard InChI is InChI=1S/C23H22FN3O3S/c24-20-9-6-10-21(27-15-4-5-16-27)22(20)25-23(28)17-11-13-18(14-12-17)26-31(29,30)19-7-2-1-3-8-19/h1-3,6-14,26H,4-5,15-16H2,(H,25,28). The van der Waals surface area contributed by atoms with E-state index in [9.17, 15) is 17.6 Å². The van der Waals surface area contributed by atoms with E-state index < -0.39 is 21.7 Å². The Morgan fingerprint density at radius 2 is 1.55 bits per heavy atom. The lowest BCUT2D eigenvalue weighted by Crippen LogP contribution is -2.22. The number of carbonyl (C=O) groups excluding carboxylic acids is 1. The second kappa shape index (κ2) is 8.77. The van der Waals surface area contributed by atoms with Gasteiger partial charge in [-0.2, -0.15) is 0 Å². The first-order valence-corrected chi connectivity index (χ1v) is 11.4. The second-order valence-electron chi connectivity index (χ2n) is 7.28. The number of carbonyl (C=O) groups is 1. The molecule has 160 valence electrons. The Balaban J connectivity index is 1.50. The van der Waals surface area contributed by atoms with E-state index >= 15 is 0 Å². The Hall–Kier alpha value is -3.39. The zero-order chi connectivity index (χ0) is 21.8. The van der Waals surface area contributed by atoms with Gasteiger partial charge in [-0.15, -0.1) is 0 Å². The molecule has 0 atom stereocenters. The smallest absolute Gasteiger partial charge is 0.261 e. The Kier molecular flexibility index (Phi) is 5.90. The van der Waals surface area contributed by atoms with Crippen molar-refractivity contribution < 1.29 is 17.6 Å². The first-order chi connectivity index (χ1) is 14.9. The van der Waals surface area contributed by atoms with Crippen LogP contribution in [0.1, 0.15) is 23.2 Å². The van der Waals surface area contributed by atoms with Crippen molar-refractivity contribution in [3.8, 4) is 0 Å². The summed E-state index contributed by atoms with van der Waals surface area (Å²) in [5, 5.41) is 2.67. The second-order valence-corrected chi connectivity index (χ2v) is 8.96. The lowest BCUT2D eigenvalue weighted by molar-refractivity contribution is 0.102. The number of anilines is 3. The summed E-state index contributed by atoms with van der Waals surface area (Å²) in [7, 11) is -3.72. The van der Waals surface area contributed by atoms with Crippen LogP contribution < -0.4 is 14.9 Å². The van der Waals surface area contributed by atoms with Crippen molar-refractivity contribution in [1.29, 1.82) is 0 Å². The molecule has 8 heteroatoms. The molecule has 4 rings (SSSR count). The van der Waals surface area contributed by atoms with Crippen LogP contribution in [0.5, 0.6) is 0 Å². The maximum Gasteiger partial charge on any atom is 0.261 e. The summed E-state index contributed by atoms with van der Waals surface area (Å²) >= 11 is 0. The highest BCUT2D eigenvalue weighted by Gasteiger charge is 2.20. The lowest BCUT2D eigenvalue weighted by atomic mass is 10.1. The van der Waals surface area contributed by atoms with Crippen LogP contribution in [0.4, 0.5) is 21.5 Å². The fourth-order valence-electron chi connectivity index (χ4n) is 3.55. The number of para-hydroxylation sites is 1. The molecule has 3 aromatic rings. The molecule has 0 unspecified atom stereocenters. The number of amides is 1. The number of nitrogens with zero attached hydrogens (tertiary/aromatic N) is 1. The van der Waals surface area contributed by atoms with Gasteiger partial charge in [-0.25, -0.2) is 12.8 Å². The molecule has 0 radical (unpaired) electrons. The van der Waals surface area contributed by atoms with Crippen molar-refractivity contribution in [3.63, 3.8) is 0 Å². The zero-order valence-corrected chi connectivity index (χ0v) is 17.5. The maximum absolute atomic E-state index is 14.5. The number of nitrogens with one attached hydrogen (secondary N) is 2. The predicted molar refractivity (Wildman–Crippen MR) is 119 cm³/mol. The number of hydrogen-bond donors (Lipinski definition) is 2. The van der Waals surface area contributed by atoms with Crippen molar-refractivity contribution in [1.82, 2.24) is 0 Å². The quantitative estimate of drug-likeness (QED) is 0.594. The highest BCUT2D eigenvalue weighted by Crippen LogP contribution is 2.31. The molecule has 2 N–H and O–H groups in total. The molecule has 6 nitrogen and oxygen atoms in total. The first-order valence-electron chi connectivity index (χ1n) is 9.97. The molecule has 0 spiro atoms. The van der Waals surface area contributed by atoms with E-state index in [0.717, 1.165) is 25.9 Å². The van der Waals surface area contributed by atoms with Crippen LogP contribution in [-0.4, -0.2) is 27.4 Å². The van der Waals surface area contributed by atoms with Crippen molar-refractivity contribution in [3.05, 3.63) is 84.2 Å². The van der Waals surface area contributed by atoms with Crippen molar-refractivity contribution in [2.75, 3.05) is 28.0 Å². The van der Waals surface area contributed by atoms with Crippen LogP contribution >= 0.6 is 0 Å². The number of hydrogen-bond acceptors (Lipinski definition) is 4. The summed E-state index contributed by atoms with van der Waals surface area (Å²) in [6.45, 7) is 1.64.